The molecule has 1 aliphatic rings. The quantitative estimate of drug-likeness (QED) is 0.532. The molecule has 0 aliphatic carbocycles. The molecule has 3 nitrogen and oxygen atoms in total. The van der Waals surface area contributed by atoms with E-state index in [1.165, 1.54) is 7.11 Å². The van der Waals surface area contributed by atoms with E-state index >= 15 is 0 Å². The van der Waals surface area contributed by atoms with E-state index in [4.69, 9.17) is 4.74 Å². The Labute approximate surface area is 64.5 Å². The molecule has 0 aromatic carbocycles. The van der Waals surface area contributed by atoms with E-state index in [0.29, 0.717) is 13.0 Å². The third-order valence-corrected chi connectivity index (χ3v) is 1.68. The van der Waals surface area contributed by atoms with Crippen LogP contribution in [0.4, 0.5) is 4.39 Å². The lowest BCUT2D eigenvalue weighted by Gasteiger charge is -2.22. The zero-order valence-electron chi connectivity index (χ0n) is 6.38. The van der Waals surface area contributed by atoms with Gasteiger partial charge >= 0.3 is 5.97 Å². The number of rotatable bonds is 1. The summed E-state index contributed by atoms with van der Waals surface area (Å²) in [6, 6.07) is 0. The largest absolute Gasteiger partial charge is 0.467 e. The molecule has 0 aromatic heterocycles. The van der Waals surface area contributed by atoms with Crippen molar-refractivity contribution in [1.29, 1.82) is 0 Å². The van der Waals surface area contributed by atoms with E-state index in [-0.39, 0.29) is 6.42 Å². The monoisotopic (exact) mass is 162 g/mol. The molecule has 0 bridgehead atoms. The molecular formula is C7H11FO3. The first kappa shape index (κ1) is 8.46. The minimum atomic E-state index is -0.923. The molecule has 1 saturated heterocycles. The number of alkyl halides is 1. The summed E-state index contributed by atoms with van der Waals surface area (Å²) >= 11 is 0. The average molecular weight is 162 g/mol. The van der Waals surface area contributed by atoms with Crippen molar-refractivity contribution in [2.75, 3.05) is 13.7 Å². The molecule has 2 atom stereocenters. The van der Waals surface area contributed by atoms with Crippen LogP contribution in [0.1, 0.15) is 12.8 Å². The molecule has 1 rings (SSSR count). The average Bonchev–Trinajstić information content (AvgIpc) is 2.03. The van der Waals surface area contributed by atoms with Crippen LogP contribution in [0.5, 0.6) is 0 Å². The van der Waals surface area contributed by atoms with Gasteiger partial charge in [0.25, 0.3) is 0 Å². The first-order chi connectivity index (χ1) is 5.24. The highest BCUT2D eigenvalue weighted by Gasteiger charge is 2.28. The van der Waals surface area contributed by atoms with Crippen molar-refractivity contribution in [1.82, 2.24) is 0 Å². The summed E-state index contributed by atoms with van der Waals surface area (Å²) in [5.74, 6) is -0.479. The van der Waals surface area contributed by atoms with Crippen LogP contribution in [0.3, 0.4) is 0 Å². The number of halogens is 1. The van der Waals surface area contributed by atoms with Gasteiger partial charge in [-0.3, -0.25) is 0 Å². The van der Waals surface area contributed by atoms with Gasteiger partial charge in [-0.1, -0.05) is 0 Å². The van der Waals surface area contributed by atoms with Gasteiger partial charge < -0.3 is 9.47 Å². The molecule has 1 heterocycles. The summed E-state index contributed by atoms with van der Waals surface area (Å²) in [6.45, 7) is 0.306. The van der Waals surface area contributed by atoms with Gasteiger partial charge in [0, 0.05) is 12.8 Å². The summed E-state index contributed by atoms with van der Waals surface area (Å²) in [4.78, 5) is 10.8. The van der Waals surface area contributed by atoms with E-state index in [2.05, 4.69) is 4.74 Å². The van der Waals surface area contributed by atoms with Crippen LogP contribution < -0.4 is 0 Å². The number of carbonyl (C=O) groups excluding carboxylic acids is 1. The number of ether oxygens (including phenoxy) is 2. The standard InChI is InChI=1S/C7H11FO3/c1-10-7(9)6-4-5(8)2-3-11-6/h5-6H,2-4H2,1H3. The third kappa shape index (κ3) is 2.15. The van der Waals surface area contributed by atoms with Crippen molar-refractivity contribution in [3.8, 4) is 0 Å². The van der Waals surface area contributed by atoms with Crippen LogP contribution in [0.15, 0.2) is 0 Å². The van der Waals surface area contributed by atoms with Gasteiger partial charge in [0.1, 0.15) is 6.17 Å². The second-order valence-electron chi connectivity index (χ2n) is 2.50. The maximum Gasteiger partial charge on any atom is 0.335 e. The molecule has 1 fully saturated rings. The zero-order chi connectivity index (χ0) is 8.27. The zero-order valence-corrected chi connectivity index (χ0v) is 6.38. The lowest BCUT2D eigenvalue weighted by Crippen LogP contribution is -2.33. The fourth-order valence-electron chi connectivity index (χ4n) is 1.05. The van der Waals surface area contributed by atoms with E-state index in [9.17, 15) is 9.18 Å². The molecule has 2 unspecified atom stereocenters. The second kappa shape index (κ2) is 3.67. The van der Waals surface area contributed by atoms with Crippen molar-refractivity contribution in [2.45, 2.75) is 25.1 Å². The number of methoxy groups -OCH3 is 1. The molecule has 0 aromatic rings. The molecule has 0 spiro atoms. The molecule has 0 N–H and O–H groups in total. The second-order valence-corrected chi connectivity index (χ2v) is 2.50. The van der Waals surface area contributed by atoms with Gasteiger partial charge in [-0.2, -0.15) is 0 Å². The highest BCUT2D eigenvalue weighted by molar-refractivity contribution is 5.74. The van der Waals surface area contributed by atoms with E-state index in [1.807, 2.05) is 0 Å². The lowest BCUT2D eigenvalue weighted by atomic mass is 10.1. The van der Waals surface area contributed by atoms with Crippen molar-refractivity contribution in [3.05, 3.63) is 0 Å². The van der Waals surface area contributed by atoms with Crippen LogP contribution in [-0.4, -0.2) is 32.0 Å². The number of hydrogen-bond acceptors (Lipinski definition) is 3. The van der Waals surface area contributed by atoms with E-state index < -0.39 is 18.2 Å². The SMILES string of the molecule is COC(=O)C1CC(F)CCO1. The summed E-state index contributed by atoms with van der Waals surface area (Å²) in [6.07, 6.45) is -1.10. The molecule has 0 amide bonds. The maximum absolute atomic E-state index is 12.6. The van der Waals surface area contributed by atoms with Crippen molar-refractivity contribution in [3.63, 3.8) is 0 Å². The van der Waals surface area contributed by atoms with Crippen LogP contribution in [0, 0.1) is 0 Å². The lowest BCUT2D eigenvalue weighted by molar-refractivity contribution is -0.159. The van der Waals surface area contributed by atoms with Crippen LogP contribution in [-0.2, 0) is 14.3 Å². The van der Waals surface area contributed by atoms with E-state index in [0.717, 1.165) is 0 Å². The van der Waals surface area contributed by atoms with Crippen molar-refractivity contribution >= 4 is 5.97 Å². The smallest absolute Gasteiger partial charge is 0.335 e. The molecule has 64 valence electrons. The Morgan fingerprint density at radius 1 is 1.73 bits per heavy atom. The molecule has 4 heteroatoms. The molecule has 0 saturated carbocycles. The fraction of sp³-hybridized carbons (Fsp3) is 0.857. The van der Waals surface area contributed by atoms with Crippen LogP contribution in [0.2, 0.25) is 0 Å². The van der Waals surface area contributed by atoms with Crippen molar-refractivity contribution in [2.24, 2.45) is 0 Å². The fourth-order valence-corrected chi connectivity index (χ4v) is 1.05. The Balaban J connectivity index is 2.39. The maximum atomic E-state index is 12.6. The highest BCUT2D eigenvalue weighted by atomic mass is 19.1. The van der Waals surface area contributed by atoms with Gasteiger partial charge in [-0.05, 0) is 0 Å². The molecule has 1 aliphatic heterocycles. The van der Waals surface area contributed by atoms with Crippen LogP contribution >= 0.6 is 0 Å². The third-order valence-electron chi connectivity index (χ3n) is 1.68. The van der Waals surface area contributed by atoms with Crippen LogP contribution in [0.25, 0.3) is 0 Å². The highest BCUT2D eigenvalue weighted by Crippen LogP contribution is 2.17. The minimum absolute atomic E-state index is 0.132. The Morgan fingerprint density at radius 2 is 2.45 bits per heavy atom. The molecule has 0 radical (unpaired) electrons. The van der Waals surface area contributed by atoms with Gasteiger partial charge in [-0.25, -0.2) is 9.18 Å². The Morgan fingerprint density at radius 3 is 3.00 bits per heavy atom. The molecular weight excluding hydrogens is 151 g/mol. The Kier molecular flexibility index (Phi) is 2.82. The predicted molar refractivity (Wildman–Crippen MR) is 35.9 cm³/mol. The van der Waals surface area contributed by atoms with E-state index in [1.54, 1.807) is 0 Å². The van der Waals surface area contributed by atoms with Gasteiger partial charge in [-0.15, -0.1) is 0 Å². The van der Waals surface area contributed by atoms with Crippen molar-refractivity contribution < 1.29 is 18.7 Å². The summed E-state index contributed by atoms with van der Waals surface area (Å²) in [5.41, 5.74) is 0. The van der Waals surface area contributed by atoms with Gasteiger partial charge in [0.2, 0.25) is 0 Å². The number of hydrogen-bond donors (Lipinski definition) is 0. The normalized spacial score (nSPS) is 31.5. The summed E-state index contributed by atoms with van der Waals surface area (Å²) < 4.78 is 22.0. The Hall–Kier alpha value is -0.640. The van der Waals surface area contributed by atoms with Gasteiger partial charge in [0.15, 0.2) is 6.10 Å². The Bertz CT molecular complexity index is 149. The summed E-state index contributed by atoms with van der Waals surface area (Å²) in [5, 5.41) is 0. The first-order valence-corrected chi connectivity index (χ1v) is 3.57. The predicted octanol–water partition coefficient (Wildman–Crippen LogP) is 0.676. The molecule has 11 heavy (non-hydrogen) atoms. The number of carbonyl (C=O) groups is 1. The first-order valence-electron chi connectivity index (χ1n) is 3.57. The summed E-state index contributed by atoms with van der Waals surface area (Å²) in [7, 11) is 1.27. The number of esters is 1. The minimum Gasteiger partial charge on any atom is -0.467 e. The van der Waals surface area contributed by atoms with Gasteiger partial charge in [0.05, 0.1) is 13.7 Å². The topological polar surface area (TPSA) is 35.5 Å².